The number of methoxy groups -OCH3 is 2. The Morgan fingerprint density at radius 3 is 2.49 bits per heavy atom. The minimum absolute atomic E-state index is 0.407. The van der Waals surface area contributed by atoms with Gasteiger partial charge in [0.05, 0.1) is 43.1 Å². The molecule has 0 aliphatic heterocycles. The summed E-state index contributed by atoms with van der Waals surface area (Å²) in [4.78, 5) is 21.7. The van der Waals surface area contributed by atoms with Crippen molar-refractivity contribution >= 4 is 5.97 Å². The molecule has 0 saturated heterocycles. The molecule has 9 heteroatoms. The molecule has 0 saturated carbocycles. The maximum absolute atomic E-state index is 12.0. The molecule has 39 heavy (non-hydrogen) atoms. The summed E-state index contributed by atoms with van der Waals surface area (Å²) in [7, 11) is 6.85. The van der Waals surface area contributed by atoms with E-state index in [1.165, 1.54) is 7.11 Å². The Morgan fingerprint density at radius 1 is 0.974 bits per heavy atom. The van der Waals surface area contributed by atoms with E-state index in [2.05, 4.69) is 34.3 Å². The number of aryl methyl sites for hydroxylation is 4. The van der Waals surface area contributed by atoms with E-state index >= 15 is 0 Å². The topological polar surface area (TPSA) is 97.0 Å². The van der Waals surface area contributed by atoms with E-state index < -0.39 is 5.97 Å². The second-order valence-corrected chi connectivity index (χ2v) is 9.63. The highest BCUT2D eigenvalue weighted by Gasteiger charge is 2.27. The van der Waals surface area contributed by atoms with Crippen LogP contribution in [0.2, 0.25) is 0 Å². The van der Waals surface area contributed by atoms with Crippen LogP contribution < -0.4 is 4.74 Å². The number of fused-ring (bicyclic) bond motifs is 3. The molecule has 0 fully saturated rings. The van der Waals surface area contributed by atoms with Gasteiger partial charge < -0.3 is 9.47 Å². The first-order valence-corrected chi connectivity index (χ1v) is 12.7. The van der Waals surface area contributed by atoms with E-state index in [4.69, 9.17) is 19.6 Å². The summed E-state index contributed by atoms with van der Waals surface area (Å²) in [6.07, 6.45) is 7.95. The van der Waals surface area contributed by atoms with Gasteiger partial charge >= 0.3 is 5.97 Å². The molecule has 6 rings (SSSR count). The maximum Gasteiger partial charge on any atom is 0.337 e. The number of carbonyl (C=O) groups excluding carboxylic acids is 1. The van der Waals surface area contributed by atoms with Crippen molar-refractivity contribution in [3.05, 3.63) is 89.3 Å². The van der Waals surface area contributed by atoms with Gasteiger partial charge in [-0.2, -0.15) is 10.2 Å². The minimum atomic E-state index is -0.407. The third kappa shape index (κ3) is 4.46. The predicted molar refractivity (Wildman–Crippen MR) is 146 cm³/mol. The lowest BCUT2D eigenvalue weighted by Gasteiger charge is -2.17. The number of nitrogens with zero attached hydrogens (tertiary/aromatic N) is 6. The molecule has 0 atom stereocenters. The van der Waals surface area contributed by atoms with Crippen LogP contribution in [0.25, 0.3) is 33.6 Å². The Hall–Kier alpha value is -4.79. The number of rotatable bonds is 6. The Morgan fingerprint density at radius 2 is 1.77 bits per heavy atom. The van der Waals surface area contributed by atoms with E-state index in [1.807, 2.05) is 43.4 Å². The fourth-order valence-corrected chi connectivity index (χ4v) is 5.21. The Labute approximate surface area is 226 Å². The number of ether oxygens (including phenoxy) is 2. The van der Waals surface area contributed by atoms with Crippen LogP contribution in [-0.4, -0.2) is 49.7 Å². The third-order valence-corrected chi connectivity index (χ3v) is 7.16. The number of benzene rings is 2. The first-order valence-electron chi connectivity index (χ1n) is 12.7. The lowest BCUT2D eigenvalue weighted by Crippen LogP contribution is -2.09. The molecule has 0 N–H and O–H groups in total. The van der Waals surface area contributed by atoms with Crippen LogP contribution >= 0.6 is 0 Å². The zero-order valence-corrected chi connectivity index (χ0v) is 22.3. The summed E-state index contributed by atoms with van der Waals surface area (Å²) in [5.41, 5.74) is 9.76. The second kappa shape index (κ2) is 9.83. The summed E-state index contributed by atoms with van der Waals surface area (Å²) in [5.74, 6) is 0.859. The van der Waals surface area contributed by atoms with Crippen LogP contribution in [0.1, 0.15) is 33.0 Å². The van der Waals surface area contributed by atoms with Gasteiger partial charge in [-0.25, -0.2) is 14.8 Å². The van der Waals surface area contributed by atoms with Crippen LogP contribution in [0.15, 0.2) is 61.1 Å². The molecule has 3 heterocycles. The first-order chi connectivity index (χ1) is 18.9. The quantitative estimate of drug-likeness (QED) is 0.306. The molecule has 1 aliphatic rings. The molecule has 2 aromatic carbocycles. The van der Waals surface area contributed by atoms with Gasteiger partial charge in [0.2, 0.25) is 0 Å². The van der Waals surface area contributed by atoms with Gasteiger partial charge in [-0.1, -0.05) is 30.3 Å². The molecule has 1 aliphatic carbocycles. The monoisotopic (exact) mass is 520 g/mol. The lowest BCUT2D eigenvalue weighted by molar-refractivity contribution is 0.0600. The van der Waals surface area contributed by atoms with Gasteiger partial charge in [0.25, 0.3) is 0 Å². The number of hydrogen-bond donors (Lipinski definition) is 0. The van der Waals surface area contributed by atoms with E-state index in [1.54, 1.807) is 23.9 Å². The van der Waals surface area contributed by atoms with Crippen LogP contribution in [-0.2, 0) is 38.1 Å². The van der Waals surface area contributed by atoms with Gasteiger partial charge in [0.15, 0.2) is 0 Å². The van der Waals surface area contributed by atoms with Crippen molar-refractivity contribution in [1.82, 2.24) is 29.5 Å². The van der Waals surface area contributed by atoms with Crippen LogP contribution in [0, 0.1) is 0 Å². The molecule has 0 spiro atoms. The number of carbonyl (C=O) groups is 1. The summed E-state index contributed by atoms with van der Waals surface area (Å²) >= 11 is 0. The van der Waals surface area contributed by atoms with Gasteiger partial charge in [0, 0.05) is 55.2 Å². The van der Waals surface area contributed by atoms with Crippen molar-refractivity contribution in [3.8, 4) is 39.4 Å². The number of hydrogen-bond acceptors (Lipinski definition) is 7. The van der Waals surface area contributed by atoms with Gasteiger partial charge in [0.1, 0.15) is 11.6 Å². The zero-order valence-electron chi connectivity index (χ0n) is 22.3. The van der Waals surface area contributed by atoms with E-state index in [9.17, 15) is 4.79 Å². The molecular formula is C30H28N6O3. The smallest absolute Gasteiger partial charge is 0.337 e. The summed E-state index contributed by atoms with van der Waals surface area (Å²) in [5, 5.41) is 9.15. The predicted octanol–water partition coefficient (Wildman–Crippen LogP) is 4.43. The number of esters is 1. The van der Waals surface area contributed by atoms with Gasteiger partial charge in [-0.3, -0.25) is 9.36 Å². The molecule has 196 valence electrons. The van der Waals surface area contributed by atoms with Crippen LogP contribution in [0.3, 0.4) is 0 Å². The SMILES string of the molecule is COC(=O)c1ccc(Cc2ncc3c(n2)-c2c(nn(C)c2-c2ccc(-c4cnn(C)c4)cc2)CC3)c(OC)c1. The molecule has 0 amide bonds. The van der Waals surface area contributed by atoms with E-state index in [0.717, 1.165) is 63.3 Å². The average molecular weight is 521 g/mol. The lowest BCUT2D eigenvalue weighted by atomic mass is 9.91. The standard InChI is InChI=1S/C30H28N6O3/c1-35-17-23(16-32-35)18-5-7-19(8-6-18)29-27-24(34-36(29)2)12-11-22-15-31-26(33-28(22)27)14-20-9-10-21(30(37)39-4)13-25(20)38-3/h5-10,13,15-17H,11-12,14H2,1-4H3. The van der Waals surface area contributed by atoms with Crippen molar-refractivity contribution in [2.24, 2.45) is 14.1 Å². The normalized spacial score (nSPS) is 12.1. The third-order valence-electron chi connectivity index (χ3n) is 7.16. The van der Waals surface area contributed by atoms with Crippen molar-refractivity contribution in [2.75, 3.05) is 14.2 Å². The Kier molecular flexibility index (Phi) is 6.18. The highest BCUT2D eigenvalue weighted by molar-refractivity contribution is 5.90. The van der Waals surface area contributed by atoms with Gasteiger partial charge in [-0.05, 0) is 36.1 Å². The summed E-state index contributed by atoms with van der Waals surface area (Å²) < 4.78 is 14.2. The van der Waals surface area contributed by atoms with Crippen molar-refractivity contribution in [3.63, 3.8) is 0 Å². The van der Waals surface area contributed by atoms with Gasteiger partial charge in [-0.15, -0.1) is 0 Å². The van der Waals surface area contributed by atoms with Crippen molar-refractivity contribution < 1.29 is 14.3 Å². The summed E-state index contributed by atoms with van der Waals surface area (Å²) in [6.45, 7) is 0. The fraction of sp³-hybridized carbons (Fsp3) is 0.233. The molecule has 9 nitrogen and oxygen atoms in total. The zero-order chi connectivity index (χ0) is 27.1. The largest absolute Gasteiger partial charge is 0.496 e. The highest BCUT2D eigenvalue weighted by Crippen LogP contribution is 2.40. The minimum Gasteiger partial charge on any atom is -0.496 e. The Balaban J connectivity index is 1.37. The second-order valence-electron chi connectivity index (χ2n) is 9.63. The Bertz CT molecular complexity index is 1700. The molecular weight excluding hydrogens is 492 g/mol. The molecule has 0 radical (unpaired) electrons. The maximum atomic E-state index is 12.0. The first kappa shape index (κ1) is 24.5. The molecule has 0 bridgehead atoms. The van der Waals surface area contributed by atoms with Crippen LogP contribution in [0.5, 0.6) is 5.75 Å². The summed E-state index contributed by atoms with van der Waals surface area (Å²) in [6, 6.07) is 13.8. The van der Waals surface area contributed by atoms with Crippen molar-refractivity contribution in [2.45, 2.75) is 19.3 Å². The molecule has 3 aromatic heterocycles. The fourth-order valence-electron chi connectivity index (χ4n) is 5.21. The average Bonchev–Trinajstić information content (AvgIpc) is 3.55. The van der Waals surface area contributed by atoms with Crippen molar-refractivity contribution in [1.29, 1.82) is 0 Å². The molecule has 0 unspecified atom stereocenters. The molecule has 5 aromatic rings. The van der Waals surface area contributed by atoms with Crippen LogP contribution in [0.4, 0.5) is 0 Å². The van der Waals surface area contributed by atoms with E-state index in [-0.39, 0.29) is 0 Å². The highest BCUT2D eigenvalue weighted by atomic mass is 16.5. The number of aromatic nitrogens is 6. The van der Waals surface area contributed by atoms with E-state index in [0.29, 0.717) is 23.6 Å².